The molecule has 0 saturated heterocycles. The molecule has 9 heteroatoms. The van der Waals surface area contributed by atoms with E-state index in [0.29, 0.717) is 5.56 Å². The first kappa shape index (κ1) is 17.9. The van der Waals surface area contributed by atoms with Crippen LogP contribution in [0.5, 0.6) is 0 Å². The molecule has 0 saturated carbocycles. The molecule has 2 atom stereocenters. The van der Waals surface area contributed by atoms with Gasteiger partial charge in [0, 0.05) is 5.56 Å². The number of rotatable bonds is 5. The molecule has 0 unspecified atom stereocenters. The summed E-state index contributed by atoms with van der Waals surface area (Å²) >= 11 is 0. The summed E-state index contributed by atoms with van der Waals surface area (Å²) in [6.45, 7) is 4.83. The number of nitrogens with zero attached hydrogens (tertiary/aromatic N) is 1. The standard InChI is InChI=1S/C15H19N3O5S/c1-8(2)12(15(20)23-9(3)13(16)19)17-14-10-6-4-5-7-11(10)24(21,22)18-14/h4-9,12H,1-3H3,(H2,16,19)(H,17,18)/t9-,12-/m0/s1. The van der Waals surface area contributed by atoms with Crippen molar-refractivity contribution in [2.75, 3.05) is 0 Å². The summed E-state index contributed by atoms with van der Waals surface area (Å²) < 4.78 is 31.5. The van der Waals surface area contributed by atoms with Gasteiger partial charge in [0.1, 0.15) is 5.84 Å². The average Bonchev–Trinajstić information content (AvgIpc) is 2.75. The fraction of sp³-hybridized carbons (Fsp3) is 0.400. The van der Waals surface area contributed by atoms with Gasteiger partial charge in [0.15, 0.2) is 12.1 Å². The number of benzene rings is 1. The second-order valence-corrected chi connectivity index (χ2v) is 7.40. The normalized spacial score (nSPS) is 19.4. The number of fused-ring (bicyclic) bond motifs is 1. The van der Waals surface area contributed by atoms with Crippen LogP contribution in [0.2, 0.25) is 0 Å². The average molecular weight is 353 g/mol. The number of hydrogen-bond acceptors (Lipinski definition) is 6. The Labute approximate surface area is 140 Å². The number of ether oxygens (including phenoxy) is 1. The molecular weight excluding hydrogens is 334 g/mol. The topological polar surface area (TPSA) is 128 Å². The number of esters is 1. The highest BCUT2D eigenvalue weighted by atomic mass is 32.2. The maximum atomic E-state index is 12.2. The molecule has 1 aromatic rings. The van der Waals surface area contributed by atoms with Crippen LogP contribution in [0.15, 0.2) is 34.2 Å². The van der Waals surface area contributed by atoms with Crippen molar-refractivity contribution in [3.05, 3.63) is 29.8 Å². The van der Waals surface area contributed by atoms with Crippen LogP contribution >= 0.6 is 0 Å². The van der Waals surface area contributed by atoms with Gasteiger partial charge in [-0.25, -0.2) is 13.2 Å². The molecule has 1 aliphatic rings. The molecule has 0 fully saturated rings. The zero-order chi connectivity index (χ0) is 18.1. The Morgan fingerprint density at radius 3 is 2.42 bits per heavy atom. The lowest BCUT2D eigenvalue weighted by Gasteiger charge is -2.18. The third-order valence-electron chi connectivity index (χ3n) is 3.50. The van der Waals surface area contributed by atoms with Crippen molar-refractivity contribution in [1.82, 2.24) is 4.72 Å². The number of carbonyl (C=O) groups is 2. The molecule has 0 bridgehead atoms. The van der Waals surface area contributed by atoms with Crippen molar-refractivity contribution >= 4 is 27.7 Å². The van der Waals surface area contributed by atoms with Gasteiger partial charge < -0.3 is 10.5 Å². The van der Waals surface area contributed by atoms with Crippen LogP contribution in [0.4, 0.5) is 0 Å². The fourth-order valence-corrected chi connectivity index (χ4v) is 3.38. The second-order valence-electron chi connectivity index (χ2n) is 5.75. The Kier molecular flexibility index (Phi) is 4.93. The molecule has 8 nitrogen and oxygen atoms in total. The van der Waals surface area contributed by atoms with Crippen LogP contribution in [0.3, 0.4) is 0 Å². The van der Waals surface area contributed by atoms with Crippen molar-refractivity contribution < 1.29 is 22.7 Å². The van der Waals surface area contributed by atoms with E-state index in [1.807, 2.05) is 0 Å². The van der Waals surface area contributed by atoms with Gasteiger partial charge in [-0.3, -0.25) is 14.5 Å². The number of nitrogens with one attached hydrogen (secondary N) is 1. The summed E-state index contributed by atoms with van der Waals surface area (Å²) in [4.78, 5) is 27.6. The summed E-state index contributed by atoms with van der Waals surface area (Å²) in [5, 5.41) is 0. The molecular formula is C15H19N3O5S. The number of carbonyl (C=O) groups excluding carboxylic acids is 2. The first-order chi connectivity index (χ1) is 11.1. The van der Waals surface area contributed by atoms with E-state index in [2.05, 4.69) is 9.71 Å². The molecule has 0 aliphatic carbocycles. The number of sulfonamides is 1. The third-order valence-corrected chi connectivity index (χ3v) is 4.89. The van der Waals surface area contributed by atoms with E-state index in [1.54, 1.807) is 32.0 Å². The van der Waals surface area contributed by atoms with E-state index in [1.165, 1.54) is 13.0 Å². The number of amidine groups is 1. The van der Waals surface area contributed by atoms with Crippen molar-refractivity contribution in [2.24, 2.45) is 16.6 Å². The fourth-order valence-electron chi connectivity index (χ4n) is 2.14. The molecule has 1 amide bonds. The summed E-state index contributed by atoms with van der Waals surface area (Å²) in [7, 11) is -3.70. The second kappa shape index (κ2) is 6.60. The van der Waals surface area contributed by atoms with E-state index in [4.69, 9.17) is 10.5 Å². The molecule has 1 aliphatic heterocycles. The van der Waals surface area contributed by atoms with Gasteiger partial charge >= 0.3 is 5.97 Å². The Morgan fingerprint density at radius 2 is 1.83 bits per heavy atom. The van der Waals surface area contributed by atoms with Crippen molar-refractivity contribution in [1.29, 1.82) is 0 Å². The van der Waals surface area contributed by atoms with Crippen LogP contribution in [0.1, 0.15) is 26.3 Å². The lowest BCUT2D eigenvalue weighted by atomic mass is 10.0. The van der Waals surface area contributed by atoms with Crippen LogP contribution in [-0.4, -0.2) is 38.3 Å². The molecule has 24 heavy (non-hydrogen) atoms. The predicted molar refractivity (Wildman–Crippen MR) is 86.7 cm³/mol. The lowest BCUT2D eigenvalue weighted by molar-refractivity contribution is -0.155. The van der Waals surface area contributed by atoms with E-state index in [0.717, 1.165) is 0 Å². The zero-order valence-electron chi connectivity index (χ0n) is 13.5. The SMILES string of the molecule is CC(C)[C@H](N=C1NS(=O)(=O)c2ccccc21)C(=O)O[C@@H](C)C(N)=O. The van der Waals surface area contributed by atoms with Crippen molar-refractivity contribution in [2.45, 2.75) is 37.8 Å². The van der Waals surface area contributed by atoms with E-state index in [-0.39, 0.29) is 16.6 Å². The molecule has 3 N–H and O–H groups in total. The van der Waals surface area contributed by atoms with E-state index < -0.39 is 34.0 Å². The molecule has 1 heterocycles. The monoisotopic (exact) mass is 353 g/mol. The maximum absolute atomic E-state index is 12.2. The minimum absolute atomic E-state index is 0.0768. The number of aliphatic imine (C=N–C) groups is 1. The number of nitrogens with two attached hydrogens (primary N) is 1. The van der Waals surface area contributed by atoms with Crippen LogP contribution in [0.25, 0.3) is 0 Å². The highest BCUT2D eigenvalue weighted by Crippen LogP contribution is 2.23. The largest absolute Gasteiger partial charge is 0.451 e. The smallest absolute Gasteiger partial charge is 0.331 e. The van der Waals surface area contributed by atoms with Gasteiger partial charge in [0.25, 0.3) is 15.9 Å². The molecule has 0 radical (unpaired) electrons. The van der Waals surface area contributed by atoms with E-state index >= 15 is 0 Å². The first-order valence-electron chi connectivity index (χ1n) is 7.33. The lowest BCUT2D eigenvalue weighted by Crippen LogP contribution is -2.37. The van der Waals surface area contributed by atoms with Gasteiger partial charge in [-0.15, -0.1) is 0 Å². The summed E-state index contributed by atoms with van der Waals surface area (Å²) in [5.41, 5.74) is 5.47. The van der Waals surface area contributed by atoms with E-state index in [9.17, 15) is 18.0 Å². The van der Waals surface area contributed by atoms with Gasteiger partial charge in [-0.2, -0.15) is 0 Å². The van der Waals surface area contributed by atoms with Gasteiger partial charge in [-0.05, 0) is 25.0 Å². The van der Waals surface area contributed by atoms with Crippen molar-refractivity contribution in [3.63, 3.8) is 0 Å². The predicted octanol–water partition coefficient (Wildman–Crippen LogP) is 0.167. The van der Waals surface area contributed by atoms with Gasteiger partial charge in [0.2, 0.25) is 0 Å². The Morgan fingerprint density at radius 1 is 1.21 bits per heavy atom. The number of hydrogen-bond donors (Lipinski definition) is 2. The van der Waals surface area contributed by atoms with Gasteiger partial charge in [0.05, 0.1) is 4.90 Å². The zero-order valence-corrected chi connectivity index (χ0v) is 14.3. The molecule has 130 valence electrons. The van der Waals surface area contributed by atoms with Crippen LogP contribution < -0.4 is 10.5 Å². The summed E-state index contributed by atoms with van der Waals surface area (Å²) in [6, 6.07) is 5.35. The minimum atomic E-state index is -3.70. The highest BCUT2D eigenvalue weighted by Gasteiger charge is 2.33. The summed E-state index contributed by atoms with van der Waals surface area (Å²) in [5.74, 6) is -1.71. The molecule has 0 aromatic heterocycles. The molecule has 2 rings (SSSR count). The number of amides is 1. The highest BCUT2D eigenvalue weighted by molar-refractivity contribution is 7.90. The van der Waals surface area contributed by atoms with Crippen LogP contribution in [0, 0.1) is 5.92 Å². The minimum Gasteiger partial charge on any atom is -0.451 e. The number of primary amides is 1. The van der Waals surface area contributed by atoms with Crippen LogP contribution in [-0.2, 0) is 24.3 Å². The molecule has 1 aromatic carbocycles. The van der Waals surface area contributed by atoms with Gasteiger partial charge in [-0.1, -0.05) is 26.0 Å². The third kappa shape index (κ3) is 3.56. The Balaban J connectivity index is 2.36. The Hall–Kier alpha value is -2.42. The summed E-state index contributed by atoms with van der Waals surface area (Å²) in [6.07, 6.45) is -1.09. The molecule has 0 spiro atoms. The first-order valence-corrected chi connectivity index (χ1v) is 8.81. The Bertz CT molecular complexity index is 801. The maximum Gasteiger partial charge on any atom is 0.331 e. The quantitative estimate of drug-likeness (QED) is 0.729. The van der Waals surface area contributed by atoms with Crippen molar-refractivity contribution in [3.8, 4) is 0 Å².